The molecule has 3 aromatic rings. The molecule has 2 aromatic carbocycles. The maximum atomic E-state index is 13.3. The number of aromatic nitrogens is 1. The van der Waals surface area contributed by atoms with Crippen molar-refractivity contribution in [2.24, 2.45) is 0 Å². The summed E-state index contributed by atoms with van der Waals surface area (Å²) in [7, 11) is 0. The van der Waals surface area contributed by atoms with Crippen molar-refractivity contribution in [1.29, 1.82) is 0 Å². The Bertz CT molecular complexity index is 916. The maximum absolute atomic E-state index is 13.3. The molecule has 0 aliphatic rings. The van der Waals surface area contributed by atoms with E-state index >= 15 is 0 Å². The number of benzene rings is 2. The summed E-state index contributed by atoms with van der Waals surface area (Å²) in [6.45, 7) is 2.70. The Kier molecular flexibility index (Phi) is 5.22. The number of para-hydroxylation sites is 1. The molecule has 1 amide bonds. The van der Waals surface area contributed by atoms with Crippen molar-refractivity contribution in [1.82, 2.24) is 4.98 Å². The molecule has 0 saturated heterocycles. The Labute approximate surface area is 150 Å². The zero-order valence-corrected chi connectivity index (χ0v) is 14.1. The number of carbonyl (C=O) groups excluding carboxylic acids is 1. The fourth-order valence-corrected chi connectivity index (χ4v) is 2.60. The van der Waals surface area contributed by atoms with E-state index in [1.807, 2.05) is 42.2 Å². The van der Waals surface area contributed by atoms with E-state index in [1.54, 1.807) is 12.3 Å². The predicted octanol–water partition coefficient (Wildman–Crippen LogP) is 4.77. The lowest BCUT2D eigenvalue weighted by molar-refractivity contribution is 0.102. The minimum atomic E-state index is -1.02. The normalized spacial score (nSPS) is 10.4. The second-order valence-corrected chi connectivity index (χ2v) is 5.59. The third-order valence-electron chi connectivity index (χ3n) is 3.86. The lowest BCUT2D eigenvalue weighted by Crippen LogP contribution is -2.18. The molecule has 0 bridgehead atoms. The minimum Gasteiger partial charge on any atom is -0.340 e. The molecular formula is C20H17F2N3O. The minimum absolute atomic E-state index is 0.176. The summed E-state index contributed by atoms with van der Waals surface area (Å²) in [5.74, 6) is -2.43. The Morgan fingerprint density at radius 3 is 2.46 bits per heavy atom. The summed E-state index contributed by atoms with van der Waals surface area (Å²) < 4.78 is 26.3. The molecule has 4 nitrogen and oxygen atoms in total. The van der Waals surface area contributed by atoms with E-state index in [4.69, 9.17) is 0 Å². The third-order valence-corrected chi connectivity index (χ3v) is 3.86. The fourth-order valence-electron chi connectivity index (χ4n) is 2.60. The van der Waals surface area contributed by atoms with Crippen LogP contribution in [-0.2, 0) is 0 Å². The first-order valence-corrected chi connectivity index (χ1v) is 8.12. The van der Waals surface area contributed by atoms with E-state index < -0.39 is 17.5 Å². The van der Waals surface area contributed by atoms with Crippen molar-refractivity contribution in [3.63, 3.8) is 0 Å². The molecule has 0 spiro atoms. The molecule has 26 heavy (non-hydrogen) atoms. The molecule has 0 radical (unpaired) electrons. The number of pyridine rings is 1. The van der Waals surface area contributed by atoms with Gasteiger partial charge in [0, 0.05) is 30.2 Å². The highest BCUT2D eigenvalue weighted by molar-refractivity contribution is 6.04. The first-order chi connectivity index (χ1) is 12.6. The van der Waals surface area contributed by atoms with Crippen LogP contribution < -0.4 is 10.2 Å². The van der Waals surface area contributed by atoms with Gasteiger partial charge < -0.3 is 10.2 Å². The van der Waals surface area contributed by atoms with Crippen LogP contribution in [0.25, 0.3) is 0 Å². The van der Waals surface area contributed by atoms with Gasteiger partial charge in [-0.1, -0.05) is 18.2 Å². The topological polar surface area (TPSA) is 45.2 Å². The Morgan fingerprint density at radius 1 is 1.00 bits per heavy atom. The number of halogens is 2. The monoisotopic (exact) mass is 353 g/mol. The van der Waals surface area contributed by atoms with E-state index in [0.717, 1.165) is 23.5 Å². The van der Waals surface area contributed by atoms with Crippen LogP contribution in [0.4, 0.5) is 25.8 Å². The molecule has 0 unspecified atom stereocenters. The smallest absolute Gasteiger partial charge is 0.257 e. The van der Waals surface area contributed by atoms with Crippen molar-refractivity contribution in [3.05, 3.63) is 84.2 Å². The summed E-state index contributed by atoms with van der Waals surface area (Å²) in [5, 5.41) is 2.55. The highest BCUT2D eigenvalue weighted by atomic mass is 19.2. The lowest BCUT2D eigenvalue weighted by atomic mass is 10.2. The quantitative estimate of drug-likeness (QED) is 0.719. The molecule has 0 fully saturated rings. The van der Waals surface area contributed by atoms with Crippen molar-refractivity contribution in [2.45, 2.75) is 6.92 Å². The van der Waals surface area contributed by atoms with E-state index in [1.165, 1.54) is 12.3 Å². The van der Waals surface area contributed by atoms with Gasteiger partial charge in [0.15, 0.2) is 11.6 Å². The molecular weight excluding hydrogens is 336 g/mol. The van der Waals surface area contributed by atoms with Gasteiger partial charge in [0.2, 0.25) is 0 Å². The zero-order chi connectivity index (χ0) is 18.5. The van der Waals surface area contributed by atoms with Crippen LogP contribution in [0.1, 0.15) is 17.3 Å². The second-order valence-electron chi connectivity index (χ2n) is 5.59. The SMILES string of the molecule is CCN(c1ccccc1)c1cncc(C(=O)Nc2ccc(F)c(F)c2)c1. The number of nitrogens with one attached hydrogen (secondary N) is 1. The number of nitrogens with zero attached hydrogens (tertiary/aromatic N) is 2. The maximum Gasteiger partial charge on any atom is 0.257 e. The van der Waals surface area contributed by atoms with Gasteiger partial charge in [0.25, 0.3) is 5.91 Å². The Balaban J connectivity index is 1.84. The van der Waals surface area contributed by atoms with Gasteiger partial charge in [-0.2, -0.15) is 0 Å². The second kappa shape index (κ2) is 7.74. The van der Waals surface area contributed by atoms with Crippen molar-refractivity contribution < 1.29 is 13.6 Å². The van der Waals surface area contributed by atoms with Crippen LogP contribution in [0.5, 0.6) is 0 Å². The largest absolute Gasteiger partial charge is 0.340 e. The molecule has 1 heterocycles. The fraction of sp³-hybridized carbons (Fsp3) is 0.100. The highest BCUT2D eigenvalue weighted by Crippen LogP contribution is 2.25. The number of amides is 1. The molecule has 3 rings (SSSR count). The number of rotatable bonds is 5. The van der Waals surface area contributed by atoms with Crippen molar-refractivity contribution in [2.75, 3.05) is 16.8 Å². The molecule has 0 aliphatic carbocycles. The molecule has 1 aromatic heterocycles. The summed E-state index contributed by atoms with van der Waals surface area (Å²) in [5.41, 5.74) is 2.24. The van der Waals surface area contributed by atoms with Gasteiger partial charge in [0.1, 0.15) is 0 Å². The first kappa shape index (κ1) is 17.5. The number of hydrogen-bond donors (Lipinski definition) is 1. The van der Waals surface area contributed by atoms with E-state index in [2.05, 4.69) is 10.3 Å². The summed E-state index contributed by atoms with van der Waals surface area (Å²) >= 11 is 0. The average Bonchev–Trinajstić information content (AvgIpc) is 2.66. The number of carbonyl (C=O) groups is 1. The lowest BCUT2D eigenvalue weighted by Gasteiger charge is -2.23. The van der Waals surface area contributed by atoms with Gasteiger partial charge in [-0.05, 0) is 37.3 Å². The molecule has 0 saturated carbocycles. The molecule has 1 N–H and O–H groups in total. The molecule has 6 heteroatoms. The predicted molar refractivity (Wildman–Crippen MR) is 97.7 cm³/mol. The Morgan fingerprint density at radius 2 is 1.77 bits per heavy atom. The van der Waals surface area contributed by atoms with Crippen LogP contribution in [-0.4, -0.2) is 17.4 Å². The van der Waals surface area contributed by atoms with Gasteiger partial charge in [-0.3, -0.25) is 9.78 Å². The summed E-state index contributed by atoms with van der Waals surface area (Å²) in [6.07, 6.45) is 3.10. The molecule has 132 valence electrons. The Hall–Kier alpha value is -3.28. The summed E-state index contributed by atoms with van der Waals surface area (Å²) in [4.78, 5) is 18.6. The first-order valence-electron chi connectivity index (χ1n) is 8.12. The zero-order valence-electron chi connectivity index (χ0n) is 14.1. The van der Waals surface area contributed by atoms with Gasteiger partial charge in [0.05, 0.1) is 17.4 Å². The highest BCUT2D eigenvalue weighted by Gasteiger charge is 2.13. The molecule has 0 atom stereocenters. The van der Waals surface area contributed by atoms with E-state index in [0.29, 0.717) is 12.1 Å². The van der Waals surface area contributed by atoms with Crippen molar-refractivity contribution >= 4 is 23.0 Å². The van der Waals surface area contributed by atoms with Gasteiger partial charge >= 0.3 is 0 Å². The van der Waals surface area contributed by atoms with E-state index in [-0.39, 0.29) is 5.69 Å². The van der Waals surface area contributed by atoms with Crippen molar-refractivity contribution in [3.8, 4) is 0 Å². The van der Waals surface area contributed by atoms with Gasteiger partial charge in [-0.25, -0.2) is 8.78 Å². The van der Waals surface area contributed by atoms with E-state index in [9.17, 15) is 13.6 Å². The van der Waals surface area contributed by atoms with Crippen LogP contribution in [0, 0.1) is 11.6 Å². The van der Waals surface area contributed by atoms with Gasteiger partial charge in [-0.15, -0.1) is 0 Å². The third kappa shape index (κ3) is 3.85. The van der Waals surface area contributed by atoms with Crippen LogP contribution in [0.15, 0.2) is 67.0 Å². The number of anilines is 3. The number of hydrogen-bond acceptors (Lipinski definition) is 3. The average molecular weight is 353 g/mol. The van der Waals surface area contributed by atoms with Crippen LogP contribution in [0.2, 0.25) is 0 Å². The summed E-state index contributed by atoms with van der Waals surface area (Å²) in [6, 6.07) is 14.7. The standard InChI is InChI=1S/C20H17F2N3O/c1-2-25(16-6-4-3-5-7-16)17-10-14(12-23-13-17)20(26)24-15-8-9-18(21)19(22)11-15/h3-13H,2H2,1H3,(H,24,26). The molecule has 0 aliphatic heterocycles. The van der Waals surface area contributed by atoms with Crippen LogP contribution in [0.3, 0.4) is 0 Å². The van der Waals surface area contributed by atoms with Crippen LogP contribution >= 0.6 is 0 Å².